The summed E-state index contributed by atoms with van der Waals surface area (Å²) in [6, 6.07) is 11.6. The maximum Gasteiger partial charge on any atom is 0.271 e. The predicted octanol–water partition coefficient (Wildman–Crippen LogP) is 3.72. The number of benzene rings is 2. The fourth-order valence-electron chi connectivity index (χ4n) is 4.38. The van der Waals surface area contributed by atoms with Gasteiger partial charge in [-0.2, -0.15) is 5.10 Å². The van der Waals surface area contributed by atoms with Gasteiger partial charge in [0, 0.05) is 36.3 Å². The molecule has 32 heavy (non-hydrogen) atoms. The van der Waals surface area contributed by atoms with Crippen LogP contribution < -0.4 is 0 Å². The number of carbonyl (C=O) groups is 1. The number of pyridine rings is 1. The lowest BCUT2D eigenvalue weighted by atomic mass is 9.99. The van der Waals surface area contributed by atoms with Crippen molar-refractivity contribution in [3.8, 4) is 11.1 Å². The van der Waals surface area contributed by atoms with Gasteiger partial charge < -0.3 is 4.90 Å². The molecule has 1 aliphatic rings. The molecule has 0 unspecified atom stereocenters. The minimum atomic E-state index is -0.695. The second-order valence-electron chi connectivity index (χ2n) is 7.89. The fraction of sp³-hybridized carbons (Fsp3) is 0.130. The summed E-state index contributed by atoms with van der Waals surface area (Å²) in [6.45, 7) is 0.0874. The van der Waals surface area contributed by atoms with Gasteiger partial charge >= 0.3 is 0 Å². The third kappa shape index (κ3) is 2.71. The van der Waals surface area contributed by atoms with Crippen LogP contribution in [0.15, 0.2) is 55.0 Å². The van der Waals surface area contributed by atoms with Crippen molar-refractivity contribution >= 4 is 22.5 Å². The number of nitrogens with zero attached hydrogens (tertiary/aromatic N) is 6. The van der Waals surface area contributed by atoms with Crippen molar-refractivity contribution in [3.63, 3.8) is 0 Å². The first-order chi connectivity index (χ1) is 15.5. The lowest BCUT2D eigenvalue weighted by molar-refractivity contribution is 0.0758. The summed E-state index contributed by atoms with van der Waals surface area (Å²) in [7, 11) is 1.80. The van der Waals surface area contributed by atoms with Crippen LogP contribution in [0.25, 0.3) is 27.7 Å². The lowest BCUT2D eigenvalue weighted by Gasteiger charge is -2.17. The van der Waals surface area contributed by atoms with Crippen molar-refractivity contribution in [3.05, 3.63) is 83.4 Å². The van der Waals surface area contributed by atoms with Crippen LogP contribution in [0.3, 0.4) is 0 Å². The molecule has 4 heterocycles. The number of amides is 1. The van der Waals surface area contributed by atoms with Gasteiger partial charge in [-0.15, -0.1) is 10.2 Å². The molecule has 0 fully saturated rings. The molecule has 0 saturated carbocycles. The summed E-state index contributed by atoms with van der Waals surface area (Å²) in [5, 5.41) is 12.9. The van der Waals surface area contributed by atoms with Crippen molar-refractivity contribution in [2.45, 2.75) is 13.1 Å². The number of carbonyl (C=O) groups excluding carboxylic acids is 1. The van der Waals surface area contributed by atoms with E-state index in [1.54, 1.807) is 34.3 Å². The normalized spacial score (nSPS) is 13.5. The second-order valence-corrected chi connectivity index (χ2v) is 7.89. The summed E-state index contributed by atoms with van der Waals surface area (Å²) < 4.78 is 33.4. The summed E-state index contributed by atoms with van der Waals surface area (Å²) in [5.41, 5.74) is 3.45. The summed E-state index contributed by atoms with van der Waals surface area (Å²) in [6.07, 6.45) is 3.28. The molecule has 158 valence electrons. The zero-order chi connectivity index (χ0) is 22.0. The fourth-order valence-corrected chi connectivity index (χ4v) is 4.38. The van der Waals surface area contributed by atoms with Gasteiger partial charge in [0.1, 0.15) is 23.7 Å². The van der Waals surface area contributed by atoms with E-state index in [0.29, 0.717) is 22.5 Å². The number of aromatic nitrogens is 5. The molecule has 0 N–H and O–H groups in total. The first-order valence-electron chi connectivity index (χ1n) is 10.0. The van der Waals surface area contributed by atoms with E-state index >= 15 is 8.78 Å². The Kier molecular flexibility index (Phi) is 3.89. The Hall–Kier alpha value is -4.14. The van der Waals surface area contributed by atoms with Crippen LogP contribution in [-0.4, -0.2) is 35.2 Å². The monoisotopic (exact) mass is 430 g/mol. The predicted molar refractivity (Wildman–Crippen MR) is 113 cm³/mol. The molecule has 0 spiro atoms. The Morgan fingerprint density at radius 2 is 1.91 bits per heavy atom. The smallest absolute Gasteiger partial charge is 0.271 e. The Balaban J connectivity index is 1.36. The molecular formula is C23H16F2N6O. The van der Waals surface area contributed by atoms with Crippen molar-refractivity contribution in [1.82, 2.24) is 29.3 Å². The number of fused-ring (bicyclic) bond motifs is 4. The Morgan fingerprint density at radius 3 is 2.72 bits per heavy atom. The third-order valence-corrected chi connectivity index (χ3v) is 5.87. The zero-order valence-electron chi connectivity index (χ0n) is 17.0. The zero-order valence-corrected chi connectivity index (χ0v) is 17.0. The molecule has 0 saturated heterocycles. The molecule has 5 aromatic rings. The highest BCUT2D eigenvalue weighted by molar-refractivity contribution is 5.97. The average molecular weight is 430 g/mol. The van der Waals surface area contributed by atoms with E-state index in [-0.39, 0.29) is 24.6 Å². The SMILES string of the molecule is Cn1cc2c(-c3cc(F)c(CN4Cc5ccc6nncn6c5C4=O)c(F)c3)cccc2n1. The molecule has 0 atom stereocenters. The van der Waals surface area contributed by atoms with E-state index in [1.165, 1.54) is 23.4 Å². The van der Waals surface area contributed by atoms with Crippen LogP contribution in [0.5, 0.6) is 0 Å². The highest BCUT2D eigenvalue weighted by atomic mass is 19.1. The molecule has 1 aliphatic heterocycles. The molecule has 0 bridgehead atoms. The molecule has 9 heteroatoms. The Labute approximate surface area is 180 Å². The van der Waals surface area contributed by atoms with Crippen molar-refractivity contribution in [1.29, 1.82) is 0 Å². The van der Waals surface area contributed by atoms with Crippen LogP contribution >= 0.6 is 0 Å². The van der Waals surface area contributed by atoms with Crippen molar-refractivity contribution in [2.75, 3.05) is 0 Å². The third-order valence-electron chi connectivity index (χ3n) is 5.87. The molecule has 1 amide bonds. The van der Waals surface area contributed by atoms with Crippen LogP contribution in [0.1, 0.15) is 21.6 Å². The van der Waals surface area contributed by atoms with Gasteiger partial charge in [-0.05, 0) is 35.4 Å². The standard InChI is InChI=1S/C23H16F2N6O/c1-29-10-16-15(3-2-4-20(16)28-29)14-7-18(24)17(19(25)8-14)11-30-9-13-5-6-21-27-26-12-31(21)22(13)23(30)32/h2-8,10,12H,9,11H2,1H3. The number of hydrogen-bond acceptors (Lipinski definition) is 4. The van der Waals surface area contributed by atoms with Gasteiger partial charge in [0.2, 0.25) is 0 Å². The van der Waals surface area contributed by atoms with Gasteiger partial charge in [-0.1, -0.05) is 18.2 Å². The molecule has 6 rings (SSSR count). The van der Waals surface area contributed by atoms with E-state index in [2.05, 4.69) is 15.3 Å². The Morgan fingerprint density at radius 1 is 1.09 bits per heavy atom. The first kappa shape index (κ1) is 18.6. The van der Waals surface area contributed by atoms with Crippen molar-refractivity contribution in [2.24, 2.45) is 7.05 Å². The van der Waals surface area contributed by atoms with Crippen LogP contribution in [-0.2, 0) is 20.1 Å². The van der Waals surface area contributed by atoms with Gasteiger partial charge in [0.15, 0.2) is 5.65 Å². The Bertz CT molecular complexity index is 1530. The van der Waals surface area contributed by atoms with Crippen LogP contribution in [0.4, 0.5) is 8.78 Å². The van der Waals surface area contributed by atoms with Crippen molar-refractivity contribution < 1.29 is 13.6 Å². The van der Waals surface area contributed by atoms with Crippen LogP contribution in [0.2, 0.25) is 0 Å². The number of aryl methyl sites for hydroxylation is 1. The largest absolute Gasteiger partial charge is 0.328 e. The van der Waals surface area contributed by atoms with E-state index in [4.69, 9.17) is 0 Å². The minimum Gasteiger partial charge on any atom is -0.328 e. The number of hydrogen-bond donors (Lipinski definition) is 0. The molecule has 0 radical (unpaired) electrons. The van der Waals surface area contributed by atoms with Crippen LogP contribution in [0, 0.1) is 11.6 Å². The van der Waals surface area contributed by atoms with E-state index in [1.807, 2.05) is 18.3 Å². The topological polar surface area (TPSA) is 68.3 Å². The molecule has 3 aromatic heterocycles. The quantitative estimate of drug-likeness (QED) is 0.438. The maximum atomic E-state index is 15.1. The summed E-state index contributed by atoms with van der Waals surface area (Å²) in [5.74, 6) is -1.70. The first-order valence-corrected chi connectivity index (χ1v) is 10.0. The summed E-state index contributed by atoms with van der Waals surface area (Å²) >= 11 is 0. The van der Waals surface area contributed by atoms with Gasteiger partial charge in [0.05, 0.1) is 12.1 Å². The van der Waals surface area contributed by atoms with E-state index in [9.17, 15) is 4.79 Å². The molecular weight excluding hydrogens is 414 g/mol. The van der Waals surface area contributed by atoms with Gasteiger partial charge in [-0.3, -0.25) is 13.9 Å². The van der Waals surface area contributed by atoms with E-state index in [0.717, 1.165) is 16.5 Å². The molecule has 7 nitrogen and oxygen atoms in total. The van der Waals surface area contributed by atoms with E-state index < -0.39 is 11.6 Å². The lowest BCUT2D eigenvalue weighted by Crippen LogP contribution is -2.25. The average Bonchev–Trinajstić information content (AvgIpc) is 3.46. The van der Waals surface area contributed by atoms with Gasteiger partial charge in [0.25, 0.3) is 5.91 Å². The number of rotatable bonds is 3. The second kappa shape index (κ2) is 6.68. The molecule has 0 aliphatic carbocycles. The highest BCUT2D eigenvalue weighted by Gasteiger charge is 2.31. The maximum absolute atomic E-state index is 15.1. The number of halogens is 2. The van der Waals surface area contributed by atoms with Gasteiger partial charge in [-0.25, -0.2) is 8.78 Å². The summed E-state index contributed by atoms with van der Waals surface area (Å²) in [4.78, 5) is 14.4. The minimum absolute atomic E-state index is 0.145. The molecule has 2 aromatic carbocycles. The highest BCUT2D eigenvalue weighted by Crippen LogP contribution is 2.32.